The normalized spacial score (nSPS) is 11.4. The Morgan fingerprint density at radius 3 is 2.09 bits per heavy atom. The summed E-state index contributed by atoms with van der Waals surface area (Å²) in [4.78, 5) is 9.62. The zero-order valence-corrected chi connectivity index (χ0v) is 33.0. The molecule has 7 heteroatoms. The SMILES string of the molecule is CC(C)c1cccc(C(C)C)c1-n1c(-c2[c-]ccc3c2oc2ccccc23)nc2c3ccccc3nnc21.Cc1c[c-]c(-c2ccc(C)cn2)cc1.[Ir]. The summed E-state index contributed by atoms with van der Waals surface area (Å²) in [5, 5.41) is 12.5. The molecule has 53 heavy (non-hydrogen) atoms. The molecule has 9 aromatic rings. The largest absolute Gasteiger partial charge is 0.501 e. The van der Waals surface area contributed by atoms with Crippen LogP contribution in [0, 0.1) is 26.0 Å². The summed E-state index contributed by atoms with van der Waals surface area (Å²) in [6, 6.07) is 43.7. The van der Waals surface area contributed by atoms with Gasteiger partial charge in [0.25, 0.3) is 0 Å². The van der Waals surface area contributed by atoms with Crippen LogP contribution in [-0.4, -0.2) is 24.7 Å². The zero-order valence-electron chi connectivity index (χ0n) is 30.6. The van der Waals surface area contributed by atoms with Gasteiger partial charge in [-0.25, -0.2) is 0 Å². The molecule has 0 unspecified atom stereocenters. The van der Waals surface area contributed by atoms with Crippen molar-refractivity contribution < 1.29 is 24.5 Å². The van der Waals surface area contributed by atoms with Crippen molar-refractivity contribution in [3.8, 4) is 28.3 Å². The third-order valence-electron chi connectivity index (χ3n) is 9.55. The van der Waals surface area contributed by atoms with Gasteiger partial charge in [0, 0.05) is 42.8 Å². The van der Waals surface area contributed by atoms with Crippen LogP contribution in [0.5, 0.6) is 0 Å². The summed E-state index contributed by atoms with van der Waals surface area (Å²) in [5.41, 5.74) is 12.8. The molecule has 9 rings (SSSR count). The molecule has 0 aliphatic heterocycles. The molecule has 1 radical (unpaired) electrons. The van der Waals surface area contributed by atoms with Gasteiger partial charge < -0.3 is 14.0 Å². The van der Waals surface area contributed by atoms with Crippen molar-refractivity contribution in [1.82, 2.24) is 24.7 Å². The van der Waals surface area contributed by atoms with Gasteiger partial charge in [-0.05, 0) is 53.3 Å². The van der Waals surface area contributed by atoms with Gasteiger partial charge in [0.2, 0.25) is 0 Å². The van der Waals surface area contributed by atoms with Crippen LogP contribution < -0.4 is 0 Å². The molecule has 4 heterocycles. The number of hydrogen-bond acceptors (Lipinski definition) is 5. The average molecular weight is 870 g/mol. The van der Waals surface area contributed by atoms with Crippen molar-refractivity contribution in [2.24, 2.45) is 0 Å². The van der Waals surface area contributed by atoms with Crippen LogP contribution in [0.2, 0.25) is 0 Å². The van der Waals surface area contributed by atoms with Gasteiger partial charge in [-0.1, -0.05) is 112 Å². The monoisotopic (exact) mass is 870 g/mol. The summed E-state index contributed by atoms with van der Waals surface area (Å²) >= 11 is 0. The topological polar surface area (TPSA) is 69.6 Å². The second kappa shape index (κ2) is 14.9. The molecule has 0 aliphatic rings. The number of fused-ring (bicyclic) bond motifs is 6. The molecule has 265 valence electrons. The maximum absolute atomic E-state index is 6.45. The van der Waals surface area contributed by atoms with E-state index in [0.29, 0.717) is 11.8 Å². The van der Waals surface area contributed by atoms with Gasteiger partial charge in [-0.2, -0.15) is 0 Å². The molecule has 0 spiro atoms. The van der Waals surface area contributed by atoms with E-state index in [1.165, 1.54) is 22.3 Å². The summed E-state index contributed by atoms with van der Waals surface area (Å²) < 4.78 is 8.64. The maximum Gasteiger partial charge on any atom is 0.178 e. The fraction of sp³-hybridized carbons (Fsp3) is 0.174. The summed E-state index contributed by atoms with van der Waals surface area (Å²) in [7, 11) is 0. The van der Waals surface area contributed by atoms with Crippen LogP contribution in [0.15, 0.2) is 120 Å². The molecule has 0 aliphatic carbocycles. The second-order valence-electron chi connectivity index (χ2n) is 13.9. The molecule has 0 amide bonds. The van der Waals surface area contributed by atoms with E-state index >= 15 is 0 Å². The minimum absolute atomic E-state index is 0. The summed E-state index contributed by atoms with van der Waals surface area (Å²) in [6.45, 7) is 13.0. The predicted molar refractivity (Wildman–Crippen MR) is 212 cm³/mol. The quantitative estimate of drug-likeness (QED) is 0.161. The average Bonchev–Trinajstić information content (AvgIpc) is 3.74. The molecule has 4 aromatic heterocycles. The van der Waals surface area contributed by atoms with E-state index in [1.54, 1.807) is 0 Å². The summed E-state index contributed by atoms with van der Waals surface area (Å²) in [5.74, 6) is 1.35. The molecule has 0 bridgehead atoms. The minimum atomic E-state index is 0. The maximum atomic E-state index is 6.45. The number of hydrogen-bond donors (Lipinski definition) is 0. The number of aromatic nitrogens is 5. The van der Waals surface area contributed by atoms with Crippen LogP contribution in [-0.2, 0) is 20.1 Å². The van der Waals surface area contributed by atoms with Crippen LogP contribution >= 0.6 is 0 Å². The number of aryl methyl sites for hydroxylation is 2. The number of para-hydroxylation sites is 2. The first-order valence-electron chi connectivity index (χ1n) is 17.8. The van der Waals surface area contributed by atoms with E-state index < -0.39 is 0 Å². The van der Waals surface area contributed by atoms with Crippen molar-refractivity contribution in [3.05, 3.63) is 150 Å². The molecule has 0 N–H and O–H groups in total. The number of furan rings is 1. The first kappa shape index (κ1) is 35.9. The number of imidazole rings is 1. The molecular formula is C46H39IrN5O-2. The Morgan fingerprint density at radius 2 is 1.40 bits per heavy atom. The zero-order chi connectivity index (χ0) is 35.9. The first-order valence-corrected chi connectivity index (χ1v) is 17.8. The van der Waals surface area contributed by atoms with E-state index in [-0.39, 0.29) is 20.1 Å². The van der Waals surface area contributed by atoms with Gasteiger partial charge in [0.05, 0.1) is 16.9 Å². The molecule has 5 aromatic carbocycles. The molecule has 6 nitrogen and oxygen atoms in total. The predicted octanol–water partition coefficient (Wildman–Crippen LogP) is 11.7. The standard InChI is InChI=1S/C33H27N4O.C13H12N.Ir/c1-19(2)21-13-9-14-22(20(3)4)30(21)37-32(34-29-25-12-5-7-17-27(25)35-36-33(29)37)26-16-10-15-24-23-11-6-8-18-28(23)38-31(24)26;1-10-3-6-12(7-4-10)13-8-5-11(2)9-14-13;/h5-15,17-20H,1-4H3;3-6,8-9H,1-2H3;/q2*-1;. The van der Waals surface area contributed by atoms with E-state index in [1.807, 2.05) is 73.8 Å². The van der Waals surface area contributed by atoms with Crippen molar-refractivity contribution in [1.29, 1.82) is 0 Å². The van der Waals surface area contributed by atoms with Crippen LogP contribution in [0.4, 0.5) is 0 Å². The first-order chi connectivity index (χ1) is 25.3. The Hall–Kier alpha value is -5.49. The minimum Gasteiger partial charge on any atom is -0.501 e. The van der Waals surface area contributed by atoms with Crippen LogP contribution in [0.3, 0.4) is 0 Å². The molecule has 0 saturated carbocycles. The fourth-order valence-electron chi connectivity index (χ4n) is 6.84. The molecule has 0 fully saturated rings. The van der Waals surface area contributed by atoms with E-state index in [0.717, 1.165) is 72.3 Å². The Labute approximate surface area is 323 Å². The van der Waals surface area contributed by atoms with Crippen LogP contribution in [0.1, 0.15) is 61.8 Å². The van der Waals surface area contributed by atoms with Gasteiger partial charge >= 0.3 is 0 Å². The Bertz CT molecular complexity index is 2640. The number of rotatable bonds is 5. The smallest absolute Gasteiger partial charge is 0.178 e. The van der Waals surface area contributed by atoms with Crippen molar-refractivity contribution in [3.63, 3.8) is 0 Å². The van der Waals surface area contributed by atoms with Crippen molar-refractivity contribution in [2.75, 3.05) is 0 Å². The number of benzene rings is 5. The third-order valence-corrected chi connectivity index (χ3v) is 9.55. The van der Waals surface area contributed by atoms with Crippen LogP contribution in [0.25, 0.3) is 72.3 Å². The van der Waals surface area contributed by atoms with E-state index in [4.69, 9.17) is 14.5 Å². The Morgan fingerprint density at radius 1 is 0.679 bits per heavy atom. The Kier molecular flexibility index (Phi) is 10.1. The number of pyridine rings is 1. The van der Waals surface area contributed by atoms with Gasteiger partial charge in [0.15, 0.2) is 5.65 Å². The third kappa shape index (κ3) is 6.67. The summed E-state index contributed by atoms with van der Waals surface area (Å²) in [6.07, 6.45) is 1.88. The van der Waals surface area contributed by atoms with E-state index in [9.17, 15) is 0 Å². The molecular weight excluding hydrogens is 831 g/mol. The second-order valence-corrected chi connectivity index (χ2v) is 13.9. The Balaban J connectivity index is 0.000000245. The molecule has 0 atom stereocenters. The van der Waals surface area contributed by atoms with E-state index in [2.05, 4.69) is 110 Å². The van der Waals surface area contributed by atoms with Gasteiger partial charge in [-0.15, -0.1) is 63.8 Å². The van der Waals surface area contributed by atoms with Crippen molar-refractivity contribution >= 4 is 44.0 Å². The van der Waals surface area contributed by atoms with Crippen molar-refractivity contribution in [2.45, 2.75) is 53.4 Å². The van der Waals surface area contributed by atoms with Gasteiger partial charge in [-0.3, -0.25) is 4.98 Å². The number of nitrogens with zero attached hydrogens (tertiary/aromatic N) is 5. The van der Waals surface area contributed by atoms with Gasteiger partial charge in [0.1, 0.15) is 11.1 Å². The molecule has 0 saturated heterocycles. The fourth-order valence-corrected chi connectivity index (χ4v) is 6.84.